The molecule has 0 spiro atoms. The number of rotatable bonds is 5. The van der Waals surface area contributed by atoms with Gasteiger partial charge in [-0.1, -0.05) is 42.5 Å². The molecule has 0 aromatic heterocycles. The van der Waals surface area contributed by atoms with Gasteiger partial charge in [0.1, 0.15) is 35.1 Å². The smallest absolute Gasteiger partial charge is 0.166 e. The molecule has 0 bridgehead atoms. The predicted octanol–water partition coefficient (Wildman–Crippen LogP) is 4.11. The van der Waals surface area contributed by atoms with Gasteiger partial charge >= 0.3 is 0 Å². The summed E-state index contributed by atoms with van der Waals surface area (Å²) in [6, 6.07) is 17.9. The van der Waals surface area contributed by atoms with Gasteiger partial charge in [0.05, 0.1) is 11.8 Å². The highest BCUT2D eigenvalue weighted by atomic mass is 32.2. The minimum Gasteiger partial charge on any atom is -0.489 e. The molecule has 0 saturated heterocycles. The lowest BCUT2D eigenvalue weighted by Gasteiger charge is -2.27. The Balaban J connectivity index is 1.61. The Morgan fingerprint density at radius 2 is 1.77 bits per heavy atom. The molecule has 160 valence electrons. The quantitative estimate of drug-likeness (QED) is 0.645. The first kappa shape index (κ1) is 21.0. The number of ether oxygens (including phenoxy) is 1. The molecule has 1 aliphatic heterocycles. The fourth-order valence-electron chi connectivity index (χ4n) is 3.60. The van der Waals surface area contributed by atoms with E-state index in [2.05, 4.69) is 4.99 Å². The van der Waals surface area contributed by atoms with Crippen molar-refractivity contribution in [3.05, 3.63) is 101 Å². The van der Waals surface area contributed by atoms with E-state index in [1.165, 1.54) is 0 Å². The van der Waals surface area contributed by atoms with Crippen molar-refractivity contribution < 1.29 is 21.9 Å². The average Bonchev–Trinajstić information content (AvgIpc) is 2.74. The molecule has 2 unspecified atom stereocenters. The average molecular weight is 442 g/mol. The molecule has 0 saturated carbocycles. The molecule has 1 heterocycles. The van der Waals surface area contributed by atoms with Crippen molar-refractivity contribution in [1.82, 2.24) is 0 Å². The maximum absolute atomic E-state index is 14.1. The van der Waals surface area contributed by atoms with E-state index in [0.29, 0.717) is 17.9 Å². The summed E-state index contributed by atoms with van der Waals surface area (Å²) in [6.45, 7) is 0.326. The van der Waals surface area contributed by atoms with Gasteiger partial charge in [-0.2, -0.15) is 0 Å². The number of hydrogen-bond acceptors (Lipinski definition) is 5. The first-order valence-electron chi connectivity index (χ1n) is 9.60. The molecule has 2 atom stereocenters. The second-order valence-corrected chi connectivity index (χ2v) is 9.42. The zero-order chi connectivity index (χ0) is 22.0. The first-order chi connectivity index (χ1) is 14.8. The minimum absolute atomic E-state index is 0.134. The van der Waals surface area contributed by atoms with Gasteiger partial charge in [-0.25, -0.2) is 17.2 Å². The van der Waals surface area contributed by atoms with E-state index < -0.39 is 38.5 Å². The van der Waals surface area contributed by atoms with E-state index >= 15 is 0 Å². The SMILES string of the molecule is NC1=NC(c2cc(F)ccc2F)CS(=O)(=O)C1c1cccc(OCc2ccccc2)c1. The molecule has 2 N–H and O–H groups in total. The summed E-state index contributed by atoms with van der Waals surface area (Å²) in [4.78, 5) is 4.20. The van der Waals surface area contributed by atoms with Crippen molar-refractivity contribution in [2.45, 2.75) is 17.9 Å². The van der Waals surface area contributed by atoms with E-state index in [9.17, 15) is 17.2 Å². The van der Waals surface area contributed by atoms with Crippen LogP contribution >= 0.6 is 0 Å². The largest absolute Gasteiger partial charge is 0.489 e. The molecular formula is C23H20F2N2O3S. The zero-order valence-electron chi connectivity index (χ0n) is 16.4. The molecule has 31 heavy (non-hydrogen) atoms. The number of benzene rings is 3. The van der Waals surface area contributed by atoms with Gasteiger partial charge in [0.25, 0.3) is 0 Å². The number of aliphatic imine (C=N–C) groups is 1. The number of sulfone groups is 1. The van der Waals surface area contributed by atoms with Crippen LogP contribution in [0.5, 0.6) is 5.75 Å². The third-order valence-electron chi connectivity index (χ3n) is 5.05. The van der Waals surface area contributed by atoms with Crippen LogP contribution in [0.4, 0.5) is 8.78 Å². The van der Waals surface area contributed by atoms with E-state index in [-0.39, 0.29) is 11.4 Å². The Kier molecular flexibility index (Phi) is 5.73. The van der Waals surface area contributed by atoms with Crippen molar-refractivity contribution in [3.8, 4) is 5.75 Å². The summed E-state index contributed by atoms with van der Waals surface area (Å²) in [5.74, 6) is -1.56. The van der Waals surface area contributed by atoms with Gasteiger partial charge < -0.3 is 10.5 Å². The van der Waals surface area contributed by atoms with Crippen molar-refractivity contribution in [3.63, 3.8) is 0 Å². The van der Waals surface area contributed by atoms with E-state index in [4.69, 9.17) is 10.5 Å². The lowest BCUT2D eigenvalue weighted by Crippen LogP contribution is -2.37. The molecule has 0 radical (unpaired) electrons. The molecule has 0 amide bonds. The second kappa shape index (κ2) is 8.47. The molecule has 3 aromatic carbocycles. The van der Waals surface area contributed by atoms with Gasteiger partial charge in [-0.15, -0.1) is 0 Å². The zero-order valence-corrected chi connectivity index (χ0v) is 17.2. The Morgan fingerprint density at radius 3 is 2.52 bits per heavy atom. The highest BCUT2D eigenvalue weighted by Crippen LogP contribution is 2.36. The van der Waals surface area contributed by atoms with Gasteiger partial charge in [0.15, 0.2) is 9.84 Å². The Morgan fingerprint density at radius 1 is 1.00 bits per heavy atom. The Labute approximate surface area is 179 Å². The fraction of sp³-hybridized carbons (Fsp3) is 0.174. The van der Waals surface area contributed by atoms with Crippen molar-refractivity contribution in [2.24, 2.45) is 10.7 Å². The maximum Gasteiger partial charge on any atom is 0.166 e. The van der Waals surface area contributed by atoms with Gasteiger partial charge in [0, 0.05) is 5.56 Å². The summed E-state index contributed by atoms with van der Waals surface area (Å²) in [5, 5.41) is -1.18. The van der Waals surface area contributed by atoms with Crippen molar-refractivity contribution >= 4 is 15.7 Å². The van der Waals surface area contributed by atoms with E-state index in [0.717, 1.165) is 23.8 Å². The minimum atomic E-state index is -3.84. The predicted molar refractivity (Wildman–Crippen MR) is 114 cm³/mol. The summed E-state index contributed by atoms with van der Waals surface area (Å²) in [6.07, 6.45) is 0. The monoisotopic (exact) mass is 442 g/mol. The lowest BCUT2D eigenvalue weighted by atomic mass is 10.1. The molecule has 8 heteroatoms. The summed E-state index contributed by atoms with van der Waals surface area (Å²) in [7, 11) is -3.84. The molecule has 1 aliphatic rings. The fourth-order valence-corrected chi connectivity index (χ4v) is 5.48. The third-order valence-corrected chi connectivity index (χ3v) is 7.06. The molecule has 3 aromatic rings. The molecular weight excluding hydrogens is 422 g/mol. The molecule has 4 rings (SSSR count). The standard InChI is InChI=1S/C23H20F2N2O3S/c24-17-9-10-20(25)19(12-17)21-14-31(28,29)22(23(26)27-21)16-7-4-8-18(11-16)30-13-15-5-2-1-3-6-15/h1-12,21-22H,13-14H2,(H2,26,27). The van der Waals surface area contributed by atoms with Crippen LogP contribution in [0.1, 0.15) is 28.0 Å². The normalized spacial score (nSPS) is 20.1. The van der Waals surface area contributed by atoms with E-state index in [1.54, 1.807) is 24.3 Å². The summed E-state index contributed by atoms with van der Waals surface area (Å²) < 4.78 is 59.6. The highest BCUT2D eigenvalue weighted by Gasteiger charge is 2.39. The Hall–Kier alpha value is -3.26. The van der Waals surface area contributed by atoms with Crippen LogP contribution in [0.25, 0.3) is 0 Å². The first-order valence-corrected chi connectivity index (χ1v) is 11.3. The van der Waals surface area contributed by atoms with Crippen LogP contribution in [0.15, 0.2) is 77.8 Å². The van der Waals surface area contributed by atoms with Crippen molar-refractivity contribution in [1.29, 1.82) is 0 Å². The van der Waals surface area contributed by atoms with Crippen LogP contribution < -0.4 is 10.5 Å². The van der Waals surface area contributed by atoms with Crippen molar-refractivity contribution in [2.75, 3.05) is 5.75 Å². The maximum atomic E-state index is 14.1. The van der Waals surface area contributed by atoms with Crippen LogP contribution in [-0.4, -0.2) is 20.0 Å². The number of nitrogens with zero attached hydrogens (tertiary/aromatic N) is 1. The van der Waals surface area contributed by atoms with Crippen LogP contribution in [0, 0.1) is 11.6 Å². The van der Waals surface area contributed by atoms with Gasteiger partial charge in [-0.3, -0.25) is 4.99 Å². The number of halogens is 2. The molecule has 0 aliphatic carbocycles. The van der Waals surface area contributed by atoms with Gasteiger partial charge in [0.2, 0.25) is 0 Å². The third kappa shape index (κ3) is 4.59. The lowest BCUT2D eigenvalue weighted by molar-refractivity contribution is 0.306. The highest BCUT2D eigenvalue weighted by molar-refractivity contribution is 7.92. The number of hydrogen-bond donors (Lipinski definition) is 1. The number of nitrogens with two attached hydrogens (primary N) is 1. The topological polar surface area (TPSA) is 81.8 Å². The van der Waals surface area contributed by atoms with E-state index in [1.807, 2.05) is 30.3 Å². The molecule has 5 nitrogen and oxygen atoms in total. The summed E-state index contributed by atoms with van der Waals surface area (Å²) >= 11 is 0. The Bertz CT molecular complexity index is 1230. The van der Waals surface area contributed by atoms with Gasteiger partial charge in [-0.05, 0) is 41.5 Å². The second-order valence-electron chi connectivity index (χ2n) is 7.29. The molecule has 0 fully saturated rings. The van der Waals surface area contributed by atoms with Crippen LogP contribution in [0.2, 0.25) is 0 Å². The number of amidine groups is 1. The van der Waals surface area contributed by atoms with Crippen LogP contribution in [0.3, 0.4) is 0 Å². The summed E-state index contributed by atoms with van der Waals surface area (Å²) in [5.41, 5.74) is 7.28. The van der Waals surface area contributed by atoms with Crippen LogP contribution in [-0.2, 0) is 16.4 Å².